The highest BCUT2D eigenvalue weighted by Gasteiger charge is 2.37. The van der Waals surface area contributed by atoms with Crippen molar-refractivity contribution in [1.82, 2.24) is 10.2 Å². The van der Waals surface area contributed by atoms with Gasteiger partial charge in [0.05, 0.1) is 11.6 Å². The number of rotatable bonds is 3. The van der Waals surface area contributed by atoms with Crippen LogP contribution in [0.25, 0.3) is 0 Å². The fourth-order valence-corrected chi connectivity index (χ4v) is 3.99. The zero-order valence-electron chi connectivity index (χ0n) is 15.4. The van der Waals surface area contributed by atoms with Gasteiger partial charge < -0.3 is 15.0 Å². The number of hydrogen-bond donors (Lipinski definition) is 1. The predicted molar refractivity (Wildman–Crippen MR) is 101 cm³/mol. The Morgan fingerprint density at radius 3 is 2.73 bits per heavy atom. The van der Waals surface area contributed by atoms with Crippen LogP contribution < -0.4 is 5.32 Å². The molecule has 3 unspecified atom stereocenters. The molecule has 0 saturated heterocycles. The molecule has 1 saturated carbocycles. The quantitative estimate of drug-likeness (QED) is 0.794. The lowest BCUT2D eigenvalue weighted by atomic mass is 9.88. The van der Waals surface area contributed by atoms with Crippen LogP contribution >= 0.6 is 11.6 Å². The van der Waals surface area contributed by atoms with Crippen LogP contribution in [0.5, 0.6) is 0 Å². The molecular weight excluding hydrogens is 352 g/mol. The molecule has 2 aliphatic rings. The summed E-state index contributed by atoms with van der Waals surface area (Å²) in [4.78, 5) is 26.8. The van der Waals surface area contributed by atoms with E-state index in [1.54, 1.807) is 20.0 Å². The molecule has 26 heavy (non-hydrogen) atoms. The summed E-state index contributed by atoms with van der Waals surface area (Å²) in [6.45, 7) is 3.95. The lowest BCUT2D eigenvalue weighted by molar-refractivity contribution is -0.147. The number of ether oxygens (including phenoxy) is 1. The van der Waals surface area contributed by atoms with E-state index in [4.69, 9.17) is 16.3 Å². The molecule has 1 aliphatic carbocycles. The largest absolute Gasteiger partial charge is 0.459 e. The van der Waals surface area contributed by atoms with Crippen LogP contribution in [0.3, 0.4) is 0 Å². The van der Waals surface area contributed by atoms with Crippen molar-refractivity contribution in [2.75, 3.05) is 7.05 Å². The van der Waals surface area contributed by atoms with Gasteiger partial charge in [-0.15, -0.1) is 0 Å². The van der Waals surface area contributed by atoms with Crippen molar-refractivity contribution in [3.8, 4) is 0 Å². The summed E-state index contributed by atoms with van der Waals surface area (Å²) in [5, 5.41) is 3.38. The van der Waals surface area contributed by atoms with Gasteiger partial charge in [-0.25, -0.2) is 9.59 Å². The minimum absolute atomic E-state index is 0.0682. The first kappa shape index (κ1) is 18.8. The van der Waals surface area contributed by atoms with Gasteiger partial charge in [-0.3, -0.25) is 0 Å². The maximum absolute atomic E-state index is 13.0. The lowest BCUT2D eigenvalue weighted by Crippen LogP contribution is -2.46. The summed E-state index contributed by atoms with van der Waals surface area (Å²) in [6.07, 6.45) is 3.96. The number of carbonyl (C=O) groups excluding carboxylic acids is 2. The highest BCUT2D eigenvalue weighted by molar-refractivity contribution is 6.31. The second-order valence-corrected chi connectivity index (χ2v) is 7.67. The van der Waals surface area contributed by atoms with Gasteiger partial charge in [0.15, 0.2) is 0 Å². The Morgan fingerprint density at radius 2 is 2.04 bits per heavy atom. The summed E-state index contributed by atoms with van der Waals surface area (Å²) in [7, 11) is 1.64. The van der Waals surface area contributed by atoms with E-state index in [0.29, 0.717) is 27.8 Å². The zero-order valence-corrected chi connectivity index (χ0v) is 16.2. The number of hydrogen-bond acceptors (Lipinski definition) is 3. The third-order valence-corrected chi connectivity index (χ3v) is 5.70. The van der Waals surface area contributed by atoms with Crippen molar-refractivity contribution in [1.29, 1.82) is 0 Å². The fraction of sp³-hybridized carbons (Fsp3) is 0.500. The Balaban J connectivity index is 1.92. The molecule has 0 bridgehead atoms. The summed E-state index contributed by atoms with van der Waals surface area (Å²) in [5.74, 6) is 0.183. The lowest BCUT2D eigenvalue weighted by Gasteiger charge is -2.35. The molecule has 1 heterocycles. The minimum atomic E-state index is -0.610. The SMILES string of the molecule is CC1=C(C(=O)OC2CCCC(C)C2)C(c2ccccc2Cl)NC(=O)N1C. The minimum Gasteiger partial charge on any atom is -0.459 e. The molecule has 0 aromatic heterocycles. The number of allylic oxidation sites excluding steroid dienone is 1. The smallest absolute Gasteiger partial charge is 0.338 e. The normalized spacial score (nSPS) is 26.5. The highest BCUT2D eigenvalue weighted by atomic mass is 35.5. The number of urea groups is 1. The number of esters is 1. The van der Waals surface area contributed by atoms with Gasteiger partial charge in [0.25, 0.3) is 0 Å². The molecule has 1 aromatic carbocycles. The van der Waals surface area contributed by atoms with Crippen molar-refractivity contribution in [3.63, 3.8) is 0 Å². The second kappa shape index (κ2) is 7.70. The molecule has 140 valence electrons. The second-order valence-electron chi connectivity index (χ2n) is 7.26. The fourth-order valence-electron chi connectivity index (χ4n) is 3.74. The van der Waals surface area contributed by atoms with E-state index in [2.05, 4.69) is 12.2 Å². The first-order chi connectivity index (χ1) is 12.4. The van der Waals surface area contributed by atoms with Crippen molar-refractivity contribution in [2.45, 2.75) is 51.7 Å². The summed E-state index contributed by atoms with van der Waals surface area (Å²) >= 11 is 6.33. The maximum atomic E-state index is 13.0. The molecule has 0 spiro atoms. The van der Waals surface area contributed by atoms with Crippen molar-refractivity contribution in [3.05, 3.63) is 46.1 Å². The third-order valence-electron chi connectivity index (χ3n) is 5.35. The number of benzene rings is 1. The van der Waals surface area contributed by atoms with Crippen molar-refractivity contribution in [2.24, 2.45) is 5.92 Å². The van der Waals surface area contributed by atoms with Crippen LogP contribution in [-0.2, 0) is 9.53 Å². The number of halogens is 1. The van der Waals surface area contributed by atoms with Crippen molar-refractivity contribution >= 4 is 23.6 Å². The number of carbonyl (C=O) groups is 2. The molecule has 5 nitrogen and oxygen atoms in total. The van der Waals surface area contributed by atoms with E-state index < -0.39 is 6.04 Å². The zero-order chi connectivity index (χ0) is 18.8. The van der Waals surface area contributed by atoms with E-state index in [-0.39, 0.29) is 18.1 Å². The molecule has 2 amide bonds. The summed E-state index contributed by atoms with van der Waals surface area (Å²) < 4.78 is 5.83. The summed E-state index contributed by atoms with van der Waals surface area (Å²) in [5.41, 5.74) is 1.73. The van der Waals surface area contributed by atoms with Gasteiger partial charge >= 0.3 is 12.0 Å². The molecule has 0 radical (unpaired) electrons. The molecule has 1 aromatic rings. The van der Waals surface area contributed by atoms with Crippen LogP contribution in [0, 0.1) is 5.92 Å². The Hall–Kier alpha value is -2.01. The Morgan fingerprint density at radius 1 is 1.31 bits per heavy atom. The van der Waals surface area contributed by atoms with Crippen LogP contribution in [0.2, 0.25) is 5.02 Å². The maximum Gasteiger partial charge on any atom is 0.338 e. The molecule has 3 atom stereocenters. The number of amides is 2. The molecule has 1 aliphatic heterocycles. The van der Waals surface area contributed by atoms with Crippen LogP contribution in [0.4, 0.5) is 4.79 Å². The van der Waals surface area contributed by atoms with Crippen LogP contribution in [0.15, 0.2) is 35.5 Å². The monoisotopic (exact) mass is 376 g/mol. The van der Waals surface area contributed by atoms with E-state index in [0.717, 1.165) is 19.3 Å². The van der Waals surface area contributed by atoms with E-state index >= 15 is 0 Å². The molecule has 1 fully saturated rings. The Labute approximate surface area is 159 Å². The topological polar surface area (TPSA) is 58.6 Å². The number of nitrogens with one attached hydrogen (secondary N) is 1. The molecule has 1 N–H and O–H groups in total. The highest BCUT2D eigenvalue weighted by Crippen LogP contribution is 2.35. The Bertz CT molecular complexity index is 746. The van der Waals surface area contributed by atoms with E-state index in [1.807, 2.05) is 18.2 Å². The van der Waals surface area contributed by atoms with Crippen LogP contribution in [0.1, 0.15) is 51.1 Å². The van der Waals surface area contributed by atoms with E-state index in [9.17, 15) is 9.59 Å². The number of nitrogens with zero attached hydrogens (tertiary/aromatic N) is 1. The van der Waals surface area contributed by atoms with Crippen LogP contribution in [-0.4, -0.2) is 30.1 Å². The van der Waals surface area contributed by atoms with Gasteiger partial charge in [-0.1, -0.05) is 43.1 Å². The van der Waals surface area contributed by atoms with Gasteiger partial charge in [0.2, 0.25) is 0 Å². The van der Waals surface area contributed by atoms with Crippen molar-refractivity contribution < 1.29 is 14.3 Å². The third kappa shape index (κ3) is 3.73. The average Bonchev–Trinajstić information content (AvgIpc) is 2.59. The van der Waals surface area contributed by atoms with Gasteiger partial charge in [0, 0.05) is 17.8 Å². The van der Waals surface area contributed by atoms with Gasteiger partial charge in [-0.05, 0) is 43.7 Å². The average molecular weight is 377 g/mol. The first-order valence-corrected chi connectivity index (χ1v) is 9.46. The molecule has 3 rings (SSSR count). The summed E-state index contributed by atoms with van der Waals surface area (Å²) in [6, 6.07) is 6.36. The van der Waals surface area contributed by atoms with Gasteiger partial charge in [0.1, 0.15) is 6.10 Å². The predicted octanol–water partition coefficient (Wildman–Crippen LogP) is 4.43. The Kier molecular flexibility index (Phi) is 5.56. The molecular formula is C20H25ClN2O3. The van der Waals surface area contributed by atoms with Gasteiger partial charge in [-0.2, -0.15) is 0 Å². The molecule has 6 heteroatoms. The standard InChI is InChI=1S/C20H25ClN2O3/c1-12-7-6-8-14(11-12)26-19(24)17-13(2)23(3)20(25)22-18(17)15-9-4-5-10-16(15)21/h4-5,9-10,12,14,18H,6-8,11H2,1-3H3,(H,22,25). The first-order valence-electron chi connectivity index (χ1n) is 9.09. The van der Waals surface area contributed by atoms with E-state index in [1.165, 1.54) is 11.3 Å².